The number of hydrogen-bond acceptors (Lipinski definition) is 8. The zero-order valence-corrected chi connectivity index (χ0v) is 15.3. The first-order valence-corrected chi connectivity index (χ1v) is 9.90. The number of nitrogens with one attached hydrogen (secondary N) is 3. The zero-order valence-electron chi connectivity index (χ0n) is 14.5. The number of carbonyl (C=O) groups is 3. The Morgan fingerprint density at radius 1 is 1.22 bits per heavy atom. The van der Waals surface area contributed by atoms with Gasteiger partial charge in [-0.3, -0.25) is 29.9 Å². The zero-order chi connectivity index (χ0) is 19.6. The Kier molecular flexibility index (Phi) is 5.81. The van der Waals surface area contributed by atoms with Gasteiger partial charge in [0.15, 0.2) is 0 Å². The summed E-state index contributed by atoms with van der Waals surface area (Å²) >= 11 is 0. The molecule has 0 aromatic carbocycles. The Bertz CT molecular complexity index is 710. The van der Waals surface area contributed by atoms with Crippen LogP contribution in [0.4, 0.5) is 4.79 Å². The Balaban J connectivity index is 1.50. The topological polar surface area (TPSA) is 161 Å². The third-order valence-corrected chi connectivity index (χ3v) is 5.05. The average Bonchev–Trinajstić information content (AvgIpc) is 2.84. The Morgan fingerprint density at radius 3 is 2.59 bits per heavy atom. The van der Waals surface area contributed by atoms with Crippen LogP contribution in [-0.2, 0) is 24.3 Å². The van der Waals surface area contributed by atoms with E-state index in [4.69, 9.17) is 4.55 Å². The van der Waals surface area contributed by atoms with E-state index in [2.05, 4.69) is 20.5 Å². The molecule has 27 heavy (non-hydrogen) atoms. The number of carbonyl (C=O) groups excluding carboxylic acids is 3. The van der Waals surface area contributed by atoms with Crippen LogP contribution in [0.3, 0.4) is 0 Å². The van der Waals surface area contributed by atoms with E-state index < -0.39 is 34.4 Å². The summed E-state index contributed by atoms with van der Waals surface area (Å²) < 4.78 is 34.8. The molecule has 0 aliphatic carbocycles. The molecule has 0 saturated carbocycles. The van der Waals surface area contributed by atoms with Crippen LogP contribution in [0, 0.1) is 0 Å². The van der Waals surface area contributed by atoms with Crippen LogP contribution >= 0.6 is 0 Å². The van der Waals surface area contributed by atoms with Gasteiger partial charge in [-0.05, 0) is 12.8 Å². The van der Waals surface area contributed by atoms with Gasteiger partial charge in [-0.2, -0.15) is 13.5 Å². The standard InChI is InChI=1S/C13H22N6O7S/c20-11(8-17-5-3-14-4-6-17)15-16-12(21)10-2-1-9-7-18(10)13(22)19(9)26-27(23,24)25/h9-10,14H,1-8H2,(H,15,20)(H,16,21)(H,23,24,25)/t9-,10-/m0/s1. The third kappa shape index (κ3) is 4.84. The van der Waals surface area contributed by atoms with Gasteiger partial charge in [0.25, 0.3) is 11.8 Å². The molecule has 0 radical (unpaired) electrons. The van der Waals surface area contributed by atoms with Crippen molar-refractivity contribution in [2.24, 2.45) is 0 Å². The summed E-state index contributed by atoms with van der Waals surface area (Å²) in [5.74, 6) is -0.952. The molecule has 13 nitrogen and oxygen atoms in total. The number of rotatable bonds is 5. The second-order valence-corrected chi connectivity index (χ2v) is 7.58. The van der Waals surface area contributed by atoms with Crippen molar-refractivity contribution in [2.75, 3.05) is 39.3 Å². The van der Waals surface area contributed by atoms with Gasteiger partial charge in [0, 0.05) is 32.7 Å². The predicted octanol–water partition coefficient (Wildman–Crippen LogP) is -2.96. The lowest BCUT2D eigenvalue weighted by Crippen LogP contribution is -2.56. The van der Waals surface area contributed by atoms with E-state index in [1.807, 2.05) is 4.90 Å². The van der Waals surface area contributed by atoms with Gasteiger partial charge in [-0.1, -0.05) is 0 Å². The second kappa shape index (κ2) is 7.93. The molecule has 14 heteroatoms. The van der Waals surface area contributed by atoms with Crippen LogP contribution in [0.1, 0.15) is 12.8 Å². The minimum absolute atomic E-state index is 0.0845. The van der Waals surface area contributed by atoms with E-state index >= 15 is 0 Å². The second-order valence-electron chi connectivity index (χ2n) is 6.57. The fraction of sp³-hybridized carbons (Fsp3) is 0.769. The number of piperidine rings is 1. The van der Waals surface area contributed by atoms with E-state index in [1.54, 1.807) is 0 Å². The summed E-state index contributed by atoms with van der Waals surface area (Å²) in [6.07, 6.45) is 0.575. The van der Waals surface area contributed by atoms with Crippen molar-refractivity contribution in [1.82, 2.24) is 31.0 Å². The van der Waals surface area contributed by atoms with E-state index in [9.17, 15) is 22.8 Å². The molecular weight excluding hydrogens is 384 g/mol. The Labute approximate surface area is 155 Å². The first kappa shape index (κ1) is 19.8. The maximum absolute atomic E-state index is 12.3. The monoisotopic (exact) mass is 406 g/mol. The molecule has 3 fully saturated rings. The molecule has 152 valence electrons. The molecule has 2 atom stereocenters. The van der Waals surface area contributed by atoms with Gasteiger partial charge < -0.3 is 10.2 Å². The van der Waals surface area contributed by atoms with Crippen molar-refractivity contribution in [3.63, 3.8) is 0 Å². The maximum atomic E-state index is 12.3. The van der Waals surface area contributed by atoms with Gasteiger partial charge in [0.05, 0.1) is 12.6 Å². The minimum atomic E-state index is -4.84. The number of hydrogen-bond donors (Lipinski definition) is 4. The molecule has 0 spiro atoms. The van der Waals surface area contributed by atoms with Crippen LogP contribution in [-0.4, -0.2) is 97.0 Å². The summed E-state index contributed by atoms with van der Waals surface area (Å²) in [6.45, 7) is 3.28. The summed E-state index contributed by atoms with van der Waals surface area (Å²) in [5, 5.41) is 3.73. The first-order valence-electron chi connectivity index (χ1n) is 8.53. The van der Waals surface area contributed by atoms with Gasteiger partial charge >= 0.3 is 16.4 Å². The molecule has 3 rings (SSSR count). The highest BCUT2D eigenvalue weighted by molar-refractivity contribution is 7.80. The molecule has 3 saturated heterocycles. The van der Waals surface area contributed by atoms with Crippen molar-refractivity contribution in [1.29, 1.82) is 0 Å². The lowest BCUT2D eigenvalue weighted by molar-refractivity contribution is -0.132. The number of fused-ring (bicyclic) bond motifs is 2. The van der Waals surface area contributed by atoms with E-state index in [1.165, 1.54) is 0 Å². The summed E-state index contributed by atoms with van der Waals surface area (Å²) in [6, 6.07) is -2.28. The largest absolute Gasteiger partial charge is 0.418 e. The van der Waals surface area contributed by atoms with Crippen LogP contribution < -0.4 is 16.2 Å². The van der Waals surface area contributed by atoms with Crippen molar-refractivity contribution < 1.29 is 31.6 Å². The van der Waals surface area contributed by atoms with Gasteiger partial charge in [-0.25, -0.2) is 4.79 Å². The number of nitrogens with zero attached hydrogens (tertiary/aromatic N) is 3. The number of amides is 4. The highest BCUT2D eigenvalue weighted by Gasteiger charge is 2.49. The molecule has 0 unspecified atom stereocenters. The summed E-state index contributed by atoms with van der Waals surface area (Å²) in [7, 11) is -4.84. The molecule has 4 amide bonds. The van der Waals surface area contributed by atoms with Crippen molar-refractivity contribution in [2.45, 2.75) is 24.9 Å². The molecule has 3 heterocycles. The number of piperazine rings is 1. The van der Waals surface area contributed by atoms with E-state index in [0.29, 0.717) is 11.5 Å². The molecule has 3 aliphatic rings. The first-order chi connectivity index (χ1) is 12.7. The molecule has 2 bridgehead atoms. The lowest BCUT2D eigenvalue weighted by Gasteiger charge is -2.29. The maximum Gasteiger partial charge on any atom is 0.418 e. The van der Waals surface area contributed by atoms with Crippen LogP contribution in [0.25, 0.3) is 0 Å². The van der Waals surface area contributed by atoms with Crippen LogP contribution in [0.2, 0.25) is 0 Å². The SMILES string of the molecule is O=C(CN1CCNCC1)NNC(=O)[C@@H]1CC[C@H]2CN1C(=O)N2OS(=O)(=O)O. The van der Waals surface area contributed by atoms with Crippen molar-refractivity contribution in [3.05, 3.63) is 0 Å². The van der Waals surface area contributed by atoms with Crippen LogP contribution in [0.15, 0.2) is 0 Å². The van der Waals surface area contributed by atoms with Gasteiger partial charge in [-0.15, -0.1) is 4.28 Å². The van der Waals surface area contributed by atoms with Crippen molar-refractivity contribution in [3.8, 4) is 0 Å². The van der Waals surface area contributed by atoms with Crippen LogP contribution in [0.5, 0.6) is 0 Å². The number of hydroxylamine groups is 2. The number of hydrazine groups is 1. The smallest absolute Gasteiger partial charge is 0.314 e. The highest BCUT2D eigenvalue weighted by atomic mass is 32.3. The fourth-order valence-corrected chi connectivity index (χ4v) is 3.82. The highest BCUT2D eigenvalue weighted by Crippen LogP contribution is 2.30. The van der Waals surface area contributed by atoms with E-state index in [0.717, 1.165) is 31.1 Å². The normalized spacial score (nSPS) is 26.2. The lowest BCUT2D eigenvalue weighted by atomic mass is 10.0. The van der Waals surface area contributed by atoms with Crippen molar-refractivity contribution >= 4 is 28.2 Å². The Hall–Kier alpha value is -2.00. The molecule has 3 aliphatic heterocycles. The fourth-order valence-electron chi connectivity index (χ4n) is 3.43. The predicted molar refractivity (Wildman–Crippen MR) is 89.0 cm³/mol. The Morgan fingerprint density at radius 2 is 1.93 bits per heavy atom. The summed E-state index contributed by atoms with van der Waals surface area (Å²) in [4.78, 5) is 39.6. The molecule has 4 N–H and O–H groups in total. The third-order valence-electron chi connectivity index (χ3n) is 4.70. The molecule has 0 aromatic heterocycles. The quantitative estimate of drug-likeness (QED) is 0.276. The minimum Gasteiger partial charge on any atom is -0.314 e. The van der Waals surface area contributed by atoms with Gasteiger partial charge in [0.2, 0.25) is 0 Å². The summed E-state index contributed by atoms with van der Waals surface area (Å²) in [5.41, 5.74) is 4.64. The number of urea groups is 1. The van der Waals surface area contributed by atoms with E-state index in [-0.39, 0.29) is 25.4 Å². The average molecular weight is 406 g/mol. The van der Waals surface area contributed by atoms with Gasteiger partial charge in [0.1, 0.15) is 6.04 Å². The molecule has 0 aromatic rings. The molecular formula is C13H22N6O7S.